The highest BCUT2D eigenvalue weighted by Gasteiger charge is 2.49. The molecule has 1 aliphatic heterocycles. The van der Waals surface area contributed by atoms with Gasteiger partial charge in [-0.3, -0.25) is 14.4 Å². The Morgan fingerprint density at radius 2 is 1.58 bits per heavy atom. The zero-order chi connectivity index (χ0) is 32.8. The topological polar surface area (TPSA) is 84.9 Å². The van der Waals surface area contributed by atoms with Gasteiger partial charge in [0.15, 0.2) is 29.7 Å². The van der Waals surface area contributed by atoms with Gasteiger partial charge in [-0.2, -0.15) is 0 Å². The molecule has 240 valence electrons. The lowest BCUT2D eigenvalue weighted by molar-refractivity contribution is -0.120. The van der Waals surface area contributed by atoms with Crippen LogP contribution in [0.4, 0.5) is 5.69 Å². The third kappa shape index (κ3) is 6.49. The molecule has 0 fully saturated rings. The van der Waals surface area contributed by atoms with E-state index in [0.717, 1.165) is 70.7 Å². The number of nitrogens with one attached hydrogen (secondary N) is 1. The zero-order valence-corrected chi connectivity index (χ0v) is 29.4. The number of methoxy groups -OCH3 is 1. The molecule has 0 radical (unpaired) electrons. The van der Waals surface area contributed by atoms with Crippen LogP contribution in [0.2, 0.25) is 0 Å². The summed E-state index contributed by atoms with van der Waals surface area (Å²) < 4.78 is 12.4. The minimum Gasteiger partial charge on any atom is -0.493 e. The van der Waals surface area contributed by atoms with E-state index in [1.165, 1.54) is 0 Å². The number of Topliss-reactive ketones (excluding diaryl/α,β-unsaturated/α-hetero) is 2. The molecule has 8 heteroatoms. The van der Waals surface area contributed by atoms with Crippen LogP contribution in [0.1, 0.15) is 89.3 Å². The largest absolute Gasteiger partial charge is 0.493 e. The van der Waals surface area contributed by atoms with Crippen molar-refractivity contribution in [2.75, 3.05) is 25.6 Å². The summed E-state index contributed by atoms with van der Waals surface area (Å²) in [5, 5.41) is 2.93. The minimum absolute atomic E-state index is 0.0927. The third-order valence-corrected chi connectivity index (χ3v) is 9.87. The van der Waals surface area contributed by atoms with Crippen molar-refractivity contribution in [3.05, 3.63) is 74.0 Å². The van der Waals surface area contributed by atoms with Gasteiger partial charge in [-0.25, -0.2) is 0 Å². The van der Waals surface area contributed by atoms with Gasteiger partial charge in [-0.05, 0) is 94.8 Å². The molecule has 0 saturated carbocycles. The number of hydrogen-bond acceptors (Lipinski definition) is 6. The highest BCUT2D eigenvalue weighted by molar-refractivity contribution is 9.10. The molecule has 1 heterocycles. The molecule has 0 spiro atoms. The second-order valence-corrected chi connectivity index (χ2v) is 15.2. The fourth-order valence-electron chi connectivity index (χ4n) is 7.13. The number of allylic oxidation sites excluding steroid dienone is 4. The van der Waals surface area contributed by atoms with Gasteiger partial charge in [0.05, 0.1) is 11.6 Å². The number of amides is 1. The predicted molar refractivity (Wildman–Crippen MR) is 181 cm³/mol. The molecule has 0 atom stereocenters. The van der Waals surface area contributed by atoms with E-state index in [9.17, 15) is 14.4 Å². The fraction of sp³-hybridized carbons (Fsp3) is 0.486. The monoisotopic (exact) mass is 676 g/mol. The van der Waals surface area contributed by atoms with Crippen LogP contribution < -0.4 is 14.8 Å². The number of ether oxygens (including phenoxy) is 2. The van der Waals surface area contributed by atoms with Crippen molar-refractivity contribution in [3.63, 3.8) is 0 Å². The molecule has 0 bridgehead atoms. The van der Waals surface area contributed by atoms with Gasteiger partial charge in [0.25, 0.3) is 5.91 Å². The Hall–Kier alpha value is -3.39. The molecule has 2 aromatic carbocycles. The maximum absolute atomic E-state index is 14.0. The van der Waals surface area contributed by atoms with Crippen LogP contribution in [0.25, 0.3) is 0 Å². The lowest BCUT2D eigenvalue weighted by Crippen LogP contribution is -2.44. The highest BCUT2D eigenvalue weighted by Crippen LogP contribution is 2.55. The summed E-state index contributed by atoms with van der Waals surface area (Å²) in [6.07, 6.45) is 3.30. The summed E-state index contributed by atoms with van der Waals surface area (Å²) in [7, 11) is 1.55. The highest BCUT2D eigenvalue weighted by atomic mass is 79.9. The van der Waals surface area contributed by atoms with Gasteiger partial charge in [-0.15, -0.1) is 0 Å². The number of halogens is 1. The van der Waals surface area contributed by atoms with Crippen LogP contribution in [-0.2, 0) is 14.4 Å². The normalized spacial score (nSPS) is 19.4. The molecule has 45 heavy (non-hydrogen) atoms. The first kappa shape index (κ1) is 33.0. The maximum atomic E-state index is 14.0. The number of carbonyl (C=O) groups excluding carboxylic acids is 3. The van der Waals surface area contributed by atoms with E-state index in [1.54, 1.807) is 7.11 Å². The molecule has 5 rings (SSSR count). The van der Waals surface area contributed by atoms with E-state index >= 15 is 0 Å². The van der Waals surface area contributed by atoms with Crippen molar-refractivity contribution < 1.29 is 23.9 Å². The van der Waals surface area contributed by atoms with Crippen LogP contribution in [0.15, 0.2) is 57.3 Å². The average molecular weight is 678 g/mol. The quantitative estimate of drug-likeness (QED) is 0.304. The molecule has 1 amide bonds. The molecule has 0 aromatic heterocycles. The van der Waals surface area contributed by atoms with Crippen molar-refractivity contribution in [2.45, 2.75) is 86.5 Å². The lowest BCUT2D eigenvalue weighted by atomic mass is 9.63. The van der Waals surface area contributed by atoms with Crippen LogP contribution in [0.5, 0.6) is 11.5 Å². The summed E-state index contributed by atoms with van der Waals surface area (Å²) in [6.45, 7) is 15.2. The van der Waals surface area contributed by atoms with Gasteiger partial charge in [0, 0.05) is 53.5 Å². The lowest BCUT2D eigenvalue weighted by Gasteiger charge is -2.49. The van der Waals surface area contributed by atoms with E-state index in [0.29, 0.717) is 28.8 Å². The zero-order valence-electron chi connectivity index (χ0n) is 27.8. The summed E-state index contributed by atoms with van der Waals surface area (Å²) >= 11 is 3.67. The van der Waals surface area contributed by atoms with Gasteiger partial charge in [0.2, 0.25) is 0 Å². The van der Waals surface area contributed by atoms with Crippen LogP contribution in [0, 0.1) is 24.7 Å². The van der Waals surface area contributed by atoms with E-state index < -0.39 is 5.92 Å². The van der Waals surface area contributed by atoms with Crippen molar-refractivity contribution in [3.8, 4) is 11.5 Å². The second-order valence-electron chi connectivity index (χ2n) is 14.3. The SMILES string of the molecule is CCCN1C2=C(C(=O)CC(C)(C)C2)C(c2cc(Br)c(OCC(=O)Nc3cccc(C)c3C)c(OC)c2)C2=C1CC(C)(C)CC2=O. The summed E-state index contributed by atoms with van der Waals surface area (Å²) in [4.78, 5) is 43.2. The number of nitrogens with zero attached hydrogens (tertiary/aromatic N) is 1. The summed E-state index contributed by atoms with van der Waals surface area (Å²) in [6, 6.07) is 9.54. The van der Waals surface area contributed by atoms with Crippen LogP contribution in [0.3, 0.4) is 0 Å². The molecule has 2 aromatic rings. The Labute approximate surface area is 275 Å². The van der Waals surface area contributed by atoms with Crippen LogP contribution >= 0.6 is 15.9 Å². The van der Waals surface area contributed by atoms with E-state index in [2.05, 4.69) is 60.8 Å². The minimum atomic E-state index is -0.498. The molecule has 2 aliphatic carbocycles. The number of rotatable bonds is 8. The molecule has 0 unspecified atom stereocenters. The van der Waals surface area contributed by atoms with Gasteiger partial charge in [0.1, 0.15) is 0 Å². The summed E-state index contributed by atoms with van der Waals surface area (Å²) in [5.74, 6) is 0.204. The Morgan fingerprint density at radius 3 is 2.13 bits per heavy atom. The van der Waals surface area contributed by atoms with Crippen molar-refractivity contribution in [1.29, 1.82) is 0 Å². The molecule has 1 N–H and O–H groups in total. The van der Waals surface area contributed by atoms with Gasteiger partial charge in [-0.1, -0.05) is 46.8 Å². The standard InChI is InChI=1S/C37H45BrN2O5/c1-9-13-40-26-16-36(4,5)18-28(41)33(26)32(34-27(40)17-37(6,7)19-29(34)42)23-14-24(38)35(30(15-23)44-8)45-20-31(43)39-25-12-10-11-21(2)22(25)3/h10-12,14-15,32H,9,13,16-20H2,1-8H3,(H,39,43). The molecule has 0 saturated heterocycles. The van der Waals surface area contributed by atoms with Crippen molar-refractivity contribution in [1.82, 2.24) is 4.90 Å². The first-order chi connectivity index (χ1) is 21.2. The van der Waals surface area contributed by atoms with E-state index in [-0.39, 0.29) is 34.9 Å². The second kappa shape index (κ2) is 12.4. The van der Waals surface area contributed by atoms with Crippen LogP contribution in [-0.4, -0.2) is 42.6 Å². The number of hydrogen-bond donors (Lipinski definition) is 1. The fourth-order valence-corrected chi connectivity index (χ4v) is 7.71. The summed E-state index contributed by atoms with van der Waals surface area (Å²) in [5.41, 5.74) is 6.83. The number of anilines is 1. The molecule has 7 nitrogen and oxygen atoms in total. The number of benzene rings is 2. The first-order valence-electron chi connectivity index (χ1n) is 15.8. The Bertz CT molecular complexity index is 1580. The number of carbonyl (C=O) groups is 3. The average Bonchev–Trinajstić information content (AvgIpc) is 2.94. The van der Waals surface area contributed by atoms with Gasteiger partial charge < -0.3 is 19.7 Å². The van der Waals surface area contributed by atoms with E-state index in [4.69, 9.17) is 9.47 Å². The van der Waals surface area contributed by atoms with Gasteiger partial charge >= 0.3 is 0 Å². The molecular weight excluding hydrogens is 632 g/mol. The van der Waals surface area contributed by atoms with E-state index in [1.807, 2.05) is 44.2 Å². The number of ketones is 2. The van der Waals surface area contributed by atoms with Crippen molar-refractivity contribution in [2.24, 2.45) is 10.8 Å². The Morgan fingerprint density at radius 1 is 0.978 bits per heavy atom. The Balaban J connectivity index is 1.55. The Kier molecular flexibility index (Phi) is 9.11. The first-order valence-corrected chi connectivity index (χ1v) is 16.6. The van der Waals surface area contributed by atoms with Crippen molar-refractivity contribution >= 4 is 39.1 Å². The maximum Gasteiger partial charge on any atom is 0.262 e. The number of aryl methyl sites for hydroxylation is 1. The third-order valence-electron chi connectivity index (χ3n) is 9.28. The predicted octanol–water partition coefficient (Wildman–Crippen LogP) is 8.19. The smallest absolute Gasteiger partial charge is 0.262 e. The molecule has 3 aliphatic rings. The molecular formula is C37H45BrN2O5.